The van der Waals surface area contributed by atoms with Crippen LogP contribution in [0.1, 0.15) is 22.8 Å². The quantitative estimate of drug-likeness (QED) is 0.330. The fourth-order valence-electron chi connectivity index (χ4n) is 3.66. The van der Waals surface area contributed by atoms with E-state index in [1.165, 1.54) is 22.5 Å². The number of rotatable bonds is 6. The number of hydrogen-bond acceptors (Lipinski definition) is 6. The number of para-hydroxylation sites is 2. The predicted molar refractivity (Wildman–Crippen MR) is 130 cm³/mol. The smallest absolute Gasteiger partial charge is 0.267 e. The van der Waals surface area contributed by atoms with Gasteiger partial charge in [0.2, 0.25) is 5.43 Å². The largest absolute Gasteiger partial charge is 0.492 e. The highest BCUT2D eigenvalue weighted by molar-refractivity contribution is 7.22. The van der Waals surface area contributed by atoms with Gasteiger partial charge in [-0.2, -0.15) is 0 Å². The first-order chi connectivity index (χ1) is 16.2. The number of carbonyl (C=O) groups excluding carboxylic acids is 1. The normalized spacial score (nSPS) is 11.1. The minimum atomic E-state index is -0.463. The number of ether oxygens (including phenoxy) is 1. The van der Waals surface area contributed by atoms with E-state index in [1.54, 1.807) is 24.3 Å². The van der Waals surface area contributed by atoms with Gasteiger partial charge in [-0.25, -0.2) is 4.98 Å². The van der Waals surface area contributed by atoms with Crippen LogP contribution in [0.4, 0.5) is 5.13 Å². The van der Waals surface area contributed by atoms with Crippen LogP contribution in [0.15, 0.2) is 88.3 Å². The van der Waals surface area contributed by atoms with Crippen molar-refractivity contribution in [2.24, 2.45) is 0 Å². The zero-order valence-electron chi connectivity index (χ0n) is 17.9. The summed E-state index contributed by atoms with van der Waals surface area (Å²) in [6.45, 7) is 2.68. The number of benzene rings is 3. The molecule has 5 aromatic rings. The summed E-state index contributed by atoms with van der Waals surface area (Å²) in [5.41, 5.74) is 1.65. The first-order valence-electron chi connectivity index (χ1n) is 10.5. The molecule has 7 heteroatoms. The van der Waals surface area contributed by atoms with E-state index in [0.29, 0.717) is 34.0 Å². The third kappa shape index (κ3) is 3.99. The topological polar surface area (TPSA) is 72.6 Å². The van der Waals surface area contributed by atoms with Gasteiger partial charge in [-0.1, -0.05) is 59.9 Å². The third-order valence-corrected chi connectivity index (χ3v) is 6.28. The SMILES string of the molecule is CCOc1cccc2sc(N(Cc3ccccc3)C(=O)c3coc4ccccc4c3=O)nc12. The molecular weight excluding hydrogens is 436 g/mol. The highest BCUT2D eigenvalue weighted by Gasteiger charge is 2.26. The average Bonchev–Trinajstić information content (AvgIpc) is 3.28. The Bertz CT molecular complexity index is 1510. The molecule has 0 aliphatic rings. The fraction of sp³-hybridized carbons (Fsp3) is 0.115. The first-order valence-corrected chi connectivity index (χ1v) is 11.4. The van der Waals surface area contributed by atoms with Crippen molar-refractivity contribution in [3.8, 4) is 5.75 Å². The molecule has 0 radical (unpaired) electrons. The number of hydrogen-bond donors (Lipinski definition) is 0. The second kappa shape index (κ2) is 8.88. The molecule has 0 N–H and O–H groups in total. The van der Waals surface area contributed by atoms with Crippen LogP contribution in [0, 0.1) is 0 Å². The van der Waals surface area contributed by atoms with Crippen LogP contribution in [0.3, 0.4) is 0 Å². The Morgan fingerprint density at radius 1 is 1.03 bits per heavy atom. The van der Waals surface area contributed by atoms with Crippen LogP contribution < -0.4 is 15.1 Å². The van der Waals surface area contributed by atoms with E-state index in [1.807, 2.05) is 55.5 Å². The van der Waals surface area contributed by atoms with Crippen molar-refractivity contribution < 1.29 is 13.9 Å². The van der Waals surface area contributed by atoms with Crippen molar-refractivity contribution in [1.82, 2.24) is 4.98 Å². The molecule has 0 atom stereocenters. The molecule has 33 heavy (non-hydrogen) atoms. The lowest BCUT2D eigenvalue weighted by Crippen LogP contribution is -2.33. The summed E-state index contributed by atoms with van der Waals surface area (Å²) < 4.78 is 12.2. The van der Waals surface area contributed by atoms with E-state index in [4.69, 9.17) is 14.1 Å². The fourth-order valence-corrected chi connectivity index (χ4v) is 4.64. The van der Waals surface area contributed by atoms with Gasteiger partial charge >= 0.3 is 0 Å². The number of thiazole rings is 1. The average molecular weight is 457 g/mol. The van der Waals surface area contributed by atoms with E-state index in [2.05, 4.69) is 0 Å². The summed E-state index contributed by atoms with van der Waals surface area (Å²) in [6.07, 6.45) is 1.24. The summed E-state index contributed by atoms with van der Waals surface area (Å²) in [4.78, 5) is 33.1. The maximum Gasteiger partial charge on any atom is 0.267 e. The Morgan fingerprint density at radius 2 is 1.82 bits per heavy atom. The zero-order chi connectivity index (χ0) is 22.8. The molecule has 0 unspecified atom stereocenters. The van der Waals surface area contributed by atoms with Crippen molar-refractivity contribution in [1.29, 1.82) is 0 Å². The van der Waals surface area contributed by atoms with Gasteiger partial charge in [0, 0.05) is 0 Å². The molecule has 6 nitrogen and oxygen atoms in total. The molecule has 2 aromatic heterocycles. The van der Waals surface area contributed by atoms with Crippen molar-refractivity contribution in [3.05, 3.63) is 100 Å². The Labute approximate surface area is 193 Å². The van der Waals surface area contributed by atoms with Gasteiger partial charge in [0.05, 0.1) is 23.2 Å². The number of carbonyl (C=O) groups is 1. The second-order valence-corrected chi connectivity index (χ2v) is 8.39. The number of fused-ring (bicyclic) bond motifs is 2. The van der Waals surface area contributed by atoms with Gasteiger partial charge in [-0.15, -0.1) is 0 Å². The van der Waals surface area contributed by atoms with E-state index in [0.717, 1.165) is 10.3 Å². The van der Waals surface area contributed by atoms with Crippen molar-refractivity contribution in [3.63, 3.8) is 0 Å². The summed E-state index contributed by atoms with van der Waals surface area (Å²) >= 11 is 1.38. The Kier molecular flexibility index (Phi) is 5.62. The highest BCUT2D eigenvalue weighted by Crippen LogP contribution is 2.35. The van der Waals surface area contributed by atoms with Crippen LogP contribution in [0.5, 0.6) is 5.75 Å². The van der Waals surface area contributed by atoms with Crippen LogP contribution in [0.2, 0.25) is 0 Å². The standard InChI is InChI=1S/C26H20N2O4S/c1-2-31-21-13-8-14-22-23(21)27-26(33-22)28(15-17-9-4-3-5-10-17)25(30)19-16-32-20-12-7-6-11-18(20)24(19)29/h3-14,16H,2,15H2,1H3. The van der Waals surface area contributed by atoms with Crippen LogP contribution in [-0.2, 0) is 6.54 Å². The van der Waals surface area contributed by atoms with E-state index < -0.39 is 5.91 Å². The molecule has 3 aromatic carbocycles. The van der Waals surface area contributed by atoms with Crippen LogP contribution in [0.25, 0.3) is 21.2 Å². The summed E-state index contributed by atoms with van der Waals surface area (Å²) in [5, 5.41) is 0.851. The lowest BCUT2D eigenvalue weighted by atomic mass is 10.1. The van der Waals surface area contributed by atoms with E-state index in [9.17, 15) is 9.59 Å². The molecule has 0 aliphatic heterocycles. The molecule has 1 amide bonds. The minimum absolute atomic E-state index is 0.0334. The van der Waals surface area contributed by atoms with Crippen LogP contribution in [-0.4, -0.2) is 17.5 Å². The number of amides is 1. The Hall–Kier alpha value is -3.97. The Morgan fingerprint density at radius 3 is 2.64 bits per heavy atom. The van der Waals surface area contributed by atoms with E-state index >= 15 is 0 Å². The van der Waals surface area contributed by atoms with Gasteiger partial charge in [0.25, 0.3) is 5.91 Å². The molecule has 0 saturated carbocycles. The third-order valence-electron chi connectivity index (χ3n) is 5.24. The van der Waals surface area contributed by atoms with Crippen LogP contribution >= 0.6 is 11.3 Å². The summed E-state index contributed by atoms with van der Waals surface area (Å²) in [6, 6.07) is 22.2. The molecule has 2 heterocycles. The van der Waals surface area contributed by atoms with Gasteiger partial charge in [0.1, 0.15) is 28.7 Å². The highest BCUT2D eigenvalue weighted by atomic mass is 32.1. The lowest BCUT2D eigenvalue weighted by Gasteiger charge is -2.19. The van der Waals surface area contributed by atoms with Crippen molar-refractivity contribution >= 4 is 43.6 Å². The lowest BCUT2D eigenvalue weighted by molar-refractivity contribution is 0.0982. The van der Waals surface area contributed by atoms with Gasteiger partial charge in [-0.05, 0) is 36.8 Å². The number of aromatic nitrogens is 1. The van der Waals surface area contributed by atoms with Crippen molar-refractivity contribution in [2.75, 3.05) is 11.5 Å². The molecule has 0 bridgehead atoms. The molecular formula is C26H20N2O4S. The Balaban J connectivity index is 1.63. The van der Waals surface area contributed by atoms with Gasteiger partial charge in [0.15, 0.2) is 5.13 Å². The molecule has 0 saturated heterocycles. The van der Waals surface area contributed by atoms with Gasteiger partial charge < -0.3 is 9.15 Å². The maximum atomic E-state index is 13.7. The zero-order valence-corrected chi connectivity index (χ0v) is 18.7. The maximum absolute atomic E-state index is 13.7. The number of nitrogens with zero attached hydrogens (tertiary/aromatic N) is 2. The number of anilines is 1. The monoisotopic (exact) mass is 456 g/mol. The molecule has 0 fully saturated rings. The molecule has 5 rings (SSSR count). The minimum Gasteiger partial charge on any atom is -0.492 e. The molecule has 0 spiro atoms. The first kappa shape index (κ1) is 20.9. The summed E-state index contributed by atoms with van der Waals surface area (Å²) in [7, 11) is 0. The summed E-state index contributed by atoms with van der Waals surface area (Å²) in [5.74, 6) is 0.199. The second-order valence-electron chi connectivity index (χ2n) is 7.38. The van der Waals surface area contributed by atoms with Crippen molar-refractivity contribution in [2.45, 2.75) is 13.5 Å². The van der Waals surface area contributed by atoms with Gasteiger partial charge in [-0.3, -0.25) is 14.5 Å². The molecule has 0 aliphatic carbocycles. The predicted octanol–water partition coefficient (Wildman–Crippen LogP) is 5.65. The van der Waals surface area contributed by atoms with E-state index in [-0.39, 0.29) is 17.5 Å². The molecule has 164 valence electrons.